The van der Waals surface area contributed by atoms with Crippen molar-refractivity contribution >= 4 is 69.7 Å². The van der Waals surface area contributed by atoms with E-state index in [-0.39, 0.29) is 0 Å². The summed E-state index contributed by atoms with van der Waals surface area (Å²) in [6, 6.07) is 76.1. The monoisotopic (exact) mass is 699 g/mol. The fourth-order valence-electron chi connectivity index (χ4n) is 8.28. The second kappa shape index (κ2) is 12.7. The van der Waals surface area contributed by atoms with Gasteiger partial charge in [-0.1, -0.05) is 170 Å². The Labute approximate surface area is 307 Å². The molecule has 2 aliphatic heterocycles. The van der Waals surface area contributed by atoms with Gasteiger partial charge in [-0.3, -0.25) is 0 Å². The van der Waals surface area contributed by atoms with Gasteiger partial charge in [-0.25, -0.2) is 0 Å². The summed E-state index contributed by atoms with van der Waals surface area (Å²) >= 11 is 0. The van der Waals surface area contributed by atoms with Gasteiger partial charge in [0.2, 0.25) is 0 Å². The van der Waals surface area contributed by atoms with Crippen LogP contribution < -0.4 is 46.3 Å². The second-order valence-electron chi connectivity index (χ2n) is 13.3. The van der Waals surface area contributed by atoms with E-state index < -0.39 is 16.0 Å². The van der Waals surface area contributed by atoms with Crippen LogP contribution in [0, 0.1) is 0 Å². The highest BCUT2D eigenvalue weighted by molar-refractivity contribution is 7.81. The zero-order chi connectivity index (χ0) is 34.5. The molecular weight excluding hydrogens is 666 g/mol. The molecule has 2 nitrogen and oxygen atoms in total. The van der Waals surface area contributed by atoms with Crippen LogP contribution in [-0.4, -0.2) is 8.07 Å². The lowest BCUT2D eigenvalue weighted by Crippen LogP contribution is -2.81. The molecule has 1 unspecified atom stereocenters. The number of hydrogen-bond acceptors (Lipinski definition) is 2. The molecule has 4 heteroatoms. The summed E-state index contributed by atoms with van der Waals surface area (Å²) in [6.45, 7) is 0. The Balaban J connectivity index is 1.27. The highest BCUT2D eigenvalue weighted by atomic mass is 31.1. The van der Waals surface area contributed by atoms with E-state index in [1.807, 2.05) is 12.1 Å². The van der Waals surface area contributed by atoms with Crippen LogP contribution in [0.15, 0.2) is 206 Å². The minimum atomic E-state index is -2.83. The van der Waals surface area contributed by atoms with E-state index in [1.54, 1.807) is 0 Å². The van der Waals surface area contributed by atoms with Crippen LogP contribution in [0.5, 0.6) is 11.5 Å². The molecule has 0 radical (unpaired) electrons. The van der Waals surface area contributed by atoms with Crippen LogP contribution in [0.2, 0.25) is 0 Å². The Morgan fingerprint density at radius 2 is 0.904 bits per heavy atom. The van der Waals surface area contributed by atoms with E-state index in [2.05, 4.69) is 199 Å². The zero-order valence-electron chi connectivity index (χ0n) is 28.4. The summed E-state index contributed by atoms with van der Waals surface area (Å²) in [6.07, 6.45) is 0. The van der Waals surface area contributed by atoms with E-state index in [1.165, 1.54) is 47.8 Å². The molecule has 2 aliphatic rings. The van der Waals surface area contributed by atoms with Gasteiger partial charge in [-0.2, -0.15) is 0 Å². The molecule has 0 saturated carbocycles. The maximum Gasteiger partial charge on any atom is 0.181 e. The first kappa shape index (κ1) is 30.8. The van der Waals surface area contributed by atoms with Crippen molar-refractivity contribution in [3.8, 4) is 22.6 Å². The Bertz CT molecular complexity index is 2470. The van der Waals surface area contributed by atoms with E-state index in [4.69, 9.17) is 4.74 Å². The number of rotatable bonds is 5. The molecule has 0 amide bonds. The second-order valence-corrected chi connectivity index (χ2v) is 19.2. The Morgan fingerprint density at radius 3 is 1.54 bits per heavy atom. The van der Waals surface area contributed by atoms with Gasteiger partial charge in [0.15, 0.2) is 19.6 Å². The number of ether oxygens (including phenoxy) is 1. The average molecular weight is 700 g/mol. The smallest absolute Gasteiger partial charge is 0.181 e. The predicted octanol–water partition coefficient (Wildman–Crippen LogP) is 8.38. The summed E-state index contributed by atoms with van der Waals surface area (Å²) in [4.78, 5) is 2.39. The average Bonchev–Trinajstić information content (AvgIpc) is 3.23. The van der Waals surface area contributed by atoms with Crippen molar-refractivity contribution in [1.29, 1.82) is 0 Å². The largest absolute Gasteiger partial charge is 0.453 e. The molecule has 0 aliphatic carbocycles. The van der Waals surface area contributed by atoms with Crippen LogP contribution in [0.25, 0.3) is 11.1 Å². The van der Waals surface area contributed by atoms with Gasteiger partial charge >= 0.3 is 0 Å². The summed E-state index contributed by atoms with van der Waals surface area (Å²) in [5.41, 5.74) is 5.70. The van der Waals surface area contributed by atoms with Crippen molar-refractivity contribution in [1.82, 2.24) is 0 Å². The topological polar surface area (TPSA) is 12.5 Å². The van der Waals surface area contributed by atoms with Crippen molar-refractivity contribution in [2.24, 2.45) is 0 Å². The third-order valence-electron chi connectivity index (χ3n) is 10.5. The maximum absolute atomic E-state index is 6.45. The van der Waals surface area contributed by atoms with Gasteiger partial charge in [0.25, 0.3) is 0 Å². The first-order valence-corrected chi connectivity index (χ1v) is 21.1. The molecule has 8 aromatic rings. The lowest BCUT2D eigenvalue weighted by atomic mass is 10.1. The molecule has 0 fully saturated rings. The molecule has 10 rings (SSSR count). The molecule has 0 bridgehead atoms. The molecule has 2 heterocycles. The quantitative estimate of drug-likeness (QED) is 0.132. The number of anilines is 3. The highest BCUT2D eigenvalue weighted by Gasteiger charge is 2.49. The molecule has 1 atom stereocenters. The minimum absolute atomic E-state index is 0.861. The summed E-state index contributed by atoms with van der Waals surface area (Å²) < 4.78 is 6.45. The third-order valence-corrected chi connectivity index (χ3v) is 18.4. The minimum Gasteiger partial charge on any atom is -0.453 e. The number of nitrogens with zero attached hydrogens (tertiary/aromatic N) is 1. The molecule has 0 N–H and O–H groups in total. The summed E-state index contributed by atoms with van der Waals surface area (Å²) in [5, 5.41) is 9.94. The first-order chi connectivity index (χ1) is 25.8. The van der Waals surface area contributed by atoms with Crippen molar-refractivity contribution in [3.05, 3.63) is 206 Å². The van der Waals surface area contributed by atoms with Crippen LogP contribution in [0.3, 0.4) is 0 Å². The van der Waals surface area contributed by atoms with Crippen LogP contribution in [0.4, 0.5) is 17.1 Å². The van der Waals surface area contributed by atoms with Crippen LogP contribution >= 0.6 is 7.92 Å². The van der Waals surface area contributed by atoms with Crippen molar-refractivity contribution in [2.45, 2.75) is 0 Å². The van der Waals surface area contributed by atoms with Crippen molar-refractivity contribution in [2.75, 3.05) is 4.90 Å². The third kappa shape index (κ3) is 4.82. The lowest BCUT2D eigenvalue weighted by molar-refractivity contribution is 0.477. The van der Waals surface area contributed by atoms with E-state index >= 15 is 0 Å². The maximum atomic E-state index is 6.45. The Kier molecular flexibility index (Phi) is 7.49. The summed E-state index contributed by atoms with van der Waals surface area (Å²) in [5.74, 6) is 1.72. The predicted molar refractivity (Wildman–Crippen MR) is 223 cm³/mol. The standard InChI is InChI=1S/C48H34NOPSi/c1-4-16-35(17-5-1)36-28-31-38(32-29-36)51-45-26-14-15-27-47(45)52(39-18-6-2-7-19-39,40-20-8-3-9-21-40)48-34-37(30-33-46(48)51)49-41-22-10-12-24-43(41)50-44-25-13-11-23-42(44)49/h1-34H. The zero-order valence-corrected chi connectivity index (χ0v) is 30.3. The molecule has 8 aromatic carbocycles. The number of fused-ring (bicyclic) bond motifs is 4. The van der Waals surface area contributed by atoms with Crippen molar-refractivity contribution in [3.63, 3.8) is 0 Å². The molecule has 0 aromatic heterocycles. The van der Waals surface area contributed by atoms with Crippen LogP contribution in [-0.2, 0) is 0 Å². The first-order valence-electron chi connectivity index (χ1n) is 17.8. The number of para-hydroxylation sites is 4. The summed E-state index contributed by atoms with van der Waals surface area (Å²) in [7, 11) is -3.70. The number of benzene rings is 8. The normalized spacial score (nSPS) is 15.0. The SMILES string of the molecule is c1ccc(-c2ccc(P3c4ccccc4[Si](c4ccccc4)(c4ccccc4)c4cc(N5c6ccccc6Oc6ccccc65)ccc43)cc2)cc1. The number of hydrogen-bond donors (Lipinski definition) is 0. The van der Waals surface area contributed by atoms with Gasteiger partial charge in [0.05, 0.1) is 11.4 Å². The van der Waals surface area contributed by atoms with Gasteiger partial charge in [-0.15, -0.1) is 0 Å². The molecular formula is C48H34NOPSi. The fraction of sp³-hybridized carbons (Fsp3) is 0. The van der Waals surface area contributed by atoms with E-state index in [9.17, 15) is 0 Å². The molecule has 0 saturated heterocycles. The Morgan fingerprint density at radius 1 is 0.404 bits per heavy atom. The van der Waals surface area contributed by atoms with E-state index in [0.29, 0.717) is 0 Å². The lowest BCUT2D eigenvalue weighted by Gasteiger charge is -2.44. The molecule has 0 spiro atoms. The van der Waals surface area contributed by atoms with Gasteiger partial charge < -0.3 is 9.64 Å². The van der Waals surface area contributed by atoms with Gasteiger partial charge in [0, 0.05) is 5.69 Å². The fourth-order valence-corrected chi connectivity index (χ4v) is 17.2. The van der Waals surface area contributed by atoms with Gasteiger partial charge in [-0.05, 0) is 92.1 Å². The van der Waals surface area contributed by atoms with E-state index in [0.717, 1.165) is 28.6 Å². The molecule has 246 valence electrons. The van der Waals surface area contributed by atoms with Crippen molar-refractivity contribution < 1.29 is 4.74 Å². The Hall–Kier alpha value is -5.99. The van der Waals surface area contributed by atoms with Gasteiger partial charge in [0.1, 0.15) is 0 Å². The molecule has 52 heavy (non-hydrogen) atoms. The van der Waals surface area contributed by atoms with Crippen LogP contribution in [0.1, 0.15) is 0 Å². The highest BCUT2D eigenvalue weighted by Crippen LogP contribution is 2.50.